The molecule has 0 aliphatic rings. The monoisotopic (exact) mass is 307 g/mol. The molecule has 0 saturated carbocycles. The highest BCUT2D eigenvalue weighted by Gasteiger charge is 2.14. The Morgan fingerprint density at radius 2 is 2.04 bits per heavy atom. The molecule has 0 atom stereocenters. The van der Waals surface area contributed by atoms with Crippen LogP contribution in [0.3, 0.4) is 0 Å². The average molecular weight is 307 g/mol. The maximum absolute atomic E-state index is 13.0. The zero-order valence-electron chi connectivity index (χ0n) is 12.3. The van der Waals surface area contributed by atoms with Crippen LogP contribution in [0.5, 0.6) is 0 Å². The molecule has 1 aromatic carbocycles. The number of aryl methyl sites for hydroxylation is 1. The van der Waals surface area contributed by atoms with Gasteiger partial charge in [-0.05, 0) is 19.1 Å². The minimum absolute atomic E-state index is 0.139. The molecule has 23 heavy (non-hydrogen) atoms. The van der Waals surface area contributed by atoms with Crippen LogP contribution in [0, 0.1) is 6.92 Å². The van der Waals surface area contributed by atoms with Crippen LogP contribution in [0.4, 0.5) is 0 Å². The van der Waals surface area contributed by atoms with Crippen molar-refractivity contribution in [2.75, 3.05) is 0 Å². The minimum atomic E-state index is -0.203. The van der Waals surface area contributed by atoms with E-state index in [1.165, 1.54) is 10.9 Å². The van der Waals surface area contributed by atoms with Gasteiger partial charge >= 0.3 is 0 Å². The Bertz CT molecular complexity index is 1100. The van der Waals surface area contributed by atoms with Crippen LogP contribution >= 0.6 is 0 Å². The van der Waals surface area contributed by atoms with E-state index in [4.69, 9.17) is 0 Å². The smallest absolute Gasteiger partial charge is 0.266 e. The predicted molar refractivity (Wildman–Crippen MR) is 84.5 cm³/mol. The van der Waals surface area contributed by atoms with Gasteiger partial charge in [-0.1, -0.05) is 18.2 Å². The summed E-state index contributed by atoms with van der Waals surface area (Å²) in [5, 5.41) is 14.1. The fraction of sp³-hybridized carbons (Fsp3) is 0.125. The number of aromatic nitrogens is 5. The number of hydrogen-bond donors (Lipinski definition) is 1. The van der Waals surface area contributed by atoms with Gasteiger partial charge in [-0.2, -0.15) is 14.6 Å². The SMILES string of the molecule is Cc1nc2ncnn2c2ccn(-c3ccccc3CO)c(=O)c12. The number of benzene rings is 1. The van der Waals surface area contributed by atoms with Crippen LogP contribution in [-0.4, -0.2) is 29.3 Å². The van der Waals surface area contributed by atoms with E-state index < -0.39 is 0 Å². The molecule has 0 saturated heterocycles. The van der Waals surface area contributed by atoms with Crippen molar-refractivity contribution < 1.29 is 5.11 Å². The Morgan fingerprint density at radius 1 is 1.22 bits per heavy atom. The Labute approximate surface area is 130 Å². The van der Waals surface area contributed by atoms with E-state index in [1.54, 1.807) is 35.8 Å². The lowest BCUT2D eigenvalue weighted by Crippen LogP contribution is -2.21. The van der Waals surface area contributed by atoms with Crippen LogP contribution in [0.25, 0.3) is 22.4 Å². The lowest BCUT2D eigenvalue weighted by atomic mass is 10.1. The minimum Gasteiger partial charge on any atom is -0.392 e. The molecule has 4 rings (SSSR count). The van der Waals surface area contributed by atoms with Crippen molar-refractivity contribution in [3.63, 3.8) is 0 Å². The van der Waals surface area contributed by atoms with Crippen molar-refractivity contribution in [1.82, 2.24) is 24.1 Å². The van der Waals surface area contributed by atoms with Gasteiger partial charge in [-0.15, -0.1) is 0 Å². The fourth-order valence-electron chi connectivity index (χ4n) is 2.80. The zero-order valence-corrected chi connectivity index (χ0v) is 12.3. The zero-order chi connectivity index (χ0) is 16.0. The summed E-state index contributed by atoms with van der Waals surface area (Å²) < 4.78 is 3.07. The number of aliphatic hydroxyl groups excluding tert-OH is 1. The van der Waals surface area contributed by atoms with Crippen molar-refractivity contribution >= 4 is 16.7 Å². The van der Waals surface area contributed by atoms with Gasteiger partial charge in [0.15, 0.2) is 0 Å². The number of nitrogens with zero attached hydrogens (tertiary/aromatic N) is 5. The molecule has 0 spiro atoms. The quantitative estimate of drug-likeness (QED) is 0.602. The molecular weight excluding hydrogens is 294 g/mol. The number of para-hydroxylation sites is 1. The number of rotatable bonds is 2. The van der Waals surface area contributed by atoms with Gasteiger partial charge in [0.25, 0.3) is 11.3 Å². The molecule has 7 nitrogen and oxygen atoms in total. The predicted octanol–water partition coefficient (Wildman–Crippen LogP) is 1.23. The molecule has 0 bridgehead atoms. The van der Waals surface area contributed by atoms with Crippen LogP contribution in [0.2, 0.25) is 0 Å². The van der Waals surface area contributed by atoms with Gasteiger partial charge in [-0.25, -0.2) is 4.98 Å². The van der Waals surface area contributed by atoms with Crippen molar-refractivity contribution in [3.05, 3.63) is 64.5 Å². The molecule has 0 fully saturated rings. The maximum atomic E-state index is 13.0. The highest BCUT2D eigenvalue weighted by Crippen LogP contribution is 2.17. The Kier molecular flexibility index (Phi) is 2.95. The summed E-state index contributed by atoms with van der Waals surface area (Å²) in [6.45, 7) is 1.64. The van der Waals surface area contributed by atoms with Gasteiger partial charge in [0.1, 0.15) is 6.33 Å². The molecule has 0 unspecified atom stereocenters. The van der Waals surface area contributed by atoms with E-state index >= 15 is 0 Å². The Balaban J connectivity index is 2.11. The Morgan fingerprint density at radius 3 is 2.87 bits per heavy atom. The van der Waals surface area contributed by atoms with E-state index in [-0.39, 0.29) is 12.2 Å². The summed E-state index contributed by atoms with van der Waals surface area (Å²) in [6.07, 6.45) is 3.09. The second-order valence-corrected chi connectivity index (χ2v) is 5.21. The van der Waals surface area contributed by atoms with E-state index in [0.717, 1.165) is 0 Å². The number of pyridine rings is 1. The third-order valence-electron chi connectivity index (χ3n) is 3.88. The van der Waals surface area contributed by atoms with E-state index in [0.29, 0.717) is 33.6 Å². The normalized spacial score (nSPS) is 11.4. The van der Waals surface area contributed by atoms with Crippen molar-refractivity contribution in [2.45, 2.75) is 13.5 Å². The van der Waals surface area contributed by atoms with Gasteiger partial charge in [0.2, 0.25) is 0 Å². The first-order chi connectivity index (χ1) is 11.2. The van der Waals surface area contributed by atoms with Crippen LogP contribution in [-0.2, 0) is 6.61 Å². The fourth-order valence-corrected chi connectivity index (χ4v) is 2.80. The van der Waals surface area contributed by atoms with Crippen LogP contribution in [0.15, 0.2) is 47.7 Å². The Hall–Kier alpha value is -3.06. The van der Waals surface area contributed by atoms with Gasteiger partial charge < -0.3 is 5.11 Å². The second-order valence-electron chi connectivity index (χ2n) is 5.21. The van der Waals surface area contributed by atoms with Crippen molar-refractivity contribution in [3.8, 4) is 5.69 Å². The van der Waals surface area contributed by atoms with Crippen molar-refractivity contribution in [2.24, 2.45) is 0 Å². The molecule has 0 aliphatic heterocycles. The summed E-state index contributed by atoms with van der Waals surface area (Å²) in [6, 6.07) is 9.05. The maximum Gasteiger partial charge on any atom is 0.266 e. The molecule has 7 heteroatoms. The lowest BCUT2D eigenvalue weighted by molar-refractivity contribution is 0.281. The van der Waals surface area contributed by atoms with E-state index in [9.17, 15) is 9.90 Å². The average Bonchev–Trinajstić information content (AvgIpc) is 3.03. The molecule has 4 aromatic rings. The van der Waals surface area contributed by atoms with Gasteiger partial charge in [0, 0.05) is 11.8 Å². The van der Waals surface area contributed by atoms with Crippen LogP contribution in [0.1, 0.15) is 11.3 Å². The molecule has 0 radical (unpaired) electrons. The number of hydrogen-bond acceptors (Lipinski definition) is 5. The summed E-state index contributed by atoms with van der Waals surface area (Å²) in [7, 11) is 0. The van der Waals surface area contributed by atoms with Gasteiger partial charge in [-0.3, -0.25) is 9.36 Å². The topological polar surface area (TPSA) is 85.3 Å². The first-order valence-corrected chi connectivity index (χ1v) is 7.11. The summed E-state index contributed by atoms with van der Waals surface area (Å²) in [5.74, 6) is 0.461. The summed E-state index contributed by atoms with van der Waals surface area (Å²) >= 11 is 0. The van der Waals surface area contributed by atoms with E-state index in [2.05, 4.69) is 15.1 Å². The highest BCUT2D eigenvalue weighted by atomic mass is 16.3. The molecule has 0 aliphatic carbocycles. The number of fused-ring (bicyclic) bond motifs is 3. The third-order valence-corrected chi connectivity index (χ3v) is 3.88. The largest absolute Gasteiger partial charge is 0.392 e. The first-order valence-electron chi connectivity index (χ1n) is 7.11. The summed E-state index contributed by atoms with van der Waals surface area (Å²) in [4.78, 5) is 21.4. The van der Waals surface area contributed by atoms with Gasteiger partial charge in [0.05, 0.1) is 28.9 Å². The molecular formula is C16H13N5O2. The molecule has 114 valence electrons. The molecule has 3 heterocycles. The third kappa shape index (κ3) is 1.94. The summed E-state index contributed by atoms with van der Waals surface area (Å²) in [5.41, 5.74) is 2.39. The van der Waals surface area contributed by atoms with E-state index in [1.807, 2.05) is 12.1 Å². The van der Waals surface area contributed by atoms with Crippen molar-refractivity contribution in [1.29, 1.82) is 0 Å². The number of aliphatic hydroxyl groups is 1. The standard InChI is InChI=1S/C16H13N5O2/c1-10-14-13(21-16(19-10)17-9-18-21)6-7-20(15(14)23)12-5-3-2-4-11(12)8-22/h2-7,9,22H,8H2,1H3. The first kappa shape index (κ1) is 13.6. The van der Waals surface area contributed by atoms with Crippen LogP contribution < -0.4 is 5.56 Å². The molecule has 3 aromatic heterocycles. The molecule has 0 amide bonds. The molecule has 1 N–H and O–H groups in total. The highest BCUT2D eigenvalue weighted by molar-refractivity contribution is 5.82. The second kappa shape index (κ2) is 4.99. The lowest BCUT2D eigenvalue weighted by Gasteiger charge is -2.12.